The molecule has 0 aliphatic carbocycles. The number of unbranched alkanes of at least 4 members (excludes halogenated alkanes) is 2. The SMILES string of the molecule is CCCCCOc1ccc(/C=N/NC(=O)COc2ccc(CC)cc2)cc1. The van der Waals surface area contributed by atoms with E-state index < -0.39 is 0 Å². The summed E-state index contributed by atoms with van der Waals surface area (Å²) >= 11 is 0. The number of hydrazone groups is 1. The van der Waals surface area contributed by atoms with Crippen LogP contribution in [0.5, 0.6) is 11.5 Å². The molecule has 0 bridgehead atoms. The van der Waals surface area contributed by atoms with E-state index in [1.54, 1.807) is 6.21 Å². The van der Waals surface area contributed by atoms with E-state index in [4.69, 9.17) is 9.47 Å². The van der Waals surface area contributed by atoms with Gasteiger partial charge in [-0.3, -0.25) is 4.79 Å². The third-order valence-electron chi connectivity index (χ3n) is 4.00. The molecule has 0 heterocycles. The van der Waals surface area contributed by atoms with Crippen LogP contribution in [0.2, 0.25) is 0 Å². The minimum absolute atomic E-state index is 0.0760. The molecule has 5 nitrogen and oxygen atoms in total. The van der Waals surface area contributed by atoms with Gasteiger partial charge in [-0.05, 0) is 60.4 Å². The normalized spacial score (nSPS) is 10.7. The molecule has 1 amide bonds. The summed E-state index contributed by atoms with van der Waals surface area (Å²) in [5.74, 6) is 1.21. The van der Waals surface area contributed by atoms with Crippen LogP contribution in [0, 0.1) is 0 Å². The number of rotatable bonds is 11. The van der Waals surface area contributed by atoms with Gasteiger partial charge in [-0.15, -0.1) is 0 Å². The Morgan fingerprint density at radius 3 is 2.30 bits per heavy atom. The Bertz CT molecular complexity index is 709. The highest BCUT2D eigenvalue weighted by molar-refractivity contribution is 5.83. The van der Waals surface area contributed by atoms with E-state index in [0.717, 1.165) is 30.8 Å². The highest BCUT2D eigenvalue weighted by atomic mass is 16.5. The topological polar surface area (TPSA) is 59.9 Å². The lowest BCUT2D eigenvalue weighted by Crippen LogP contribution is -2.24. The first-order chi connectivity index (χ1) is 13.2. The first-order valence-electron chi connectivity index (χ1n) is 9.47. The summed E-state index contributed by atoms with van der Waals surface area (Å²) < 4.78 is 11.1. The fourth-order valence-corrected chi connectivity index (χ4v) is 2.37. The molecule has 1 N–H and O–H groups in total. The van der Waals surface area contributed by atoms with Gasteiger partial charge in [0.05, 0.1) is 12.8 Å². The quantitative estimate of drug-likeness (QED) is 0.364. The zero-order valence-corrected chi connectivity index (χ0v) is 16.1. The van der Waals surface area contributed by atoms with Crippen molar-refractivity contribution in [3.05, 3.63) is 59.7 Å². The maximum Gasteiger partial charge on any atom is 0.277 e. The van der Waals surface area contributed by atoms with Crippen molar-refractivity contribution in [2.45, 2.75) is 39.5 Å². The zero-order valence-electron chi connectivity index (χ0n) is 16.1. The second-order valence-corrected chi connectivity index (χ2v) is 6.20. The van der Waals surface area contributed by atoms with E-state index in [1.807, 2.05) is 48.5 Å². The molecule has 27 heavy (non-hydrogen) atoms. The predicted octanol–water partition coefficient (Wildman–Crippen LogP) is 4.35. The van der Waals surface area contributed by atoms with Crippen LogP contribution in [0.3, 0.4) is 0 Å². The van der Waals surface area contributed by atoms with Gasteiger partial charge in [-0.25, -0.2) is 5.43 Å². The van der Waals surface area contributed by atoms with Gasteiger partial charge in [-0.1, -0.05) is 38.8 Å². The second kappa shape index (κ2) is 11.7. The van der Waals surface area contributed by atoms with Crippen molar-refractivity contribution in [1.82, 2.24) is 5.43 Å². The molecule has 0 aliphatic rings. The fourth-order valence-electron chi connectivity index (χ4n) is 2.37. The molecule has 2 aromatic carbocycles. The largest absolute Gasteiger partial charge is 0.494 e. The Balaban J connectivity index is 1.69. The van der Waals surface area contributed by atoms with E-state index in [1.165, 1.54) is 18.4 Å². The smallest absolute Gasteiger partial charge is 0.277 e. The molecule has 0 aromatic heterocycles. The number of carbonyl (C=O) groups is 1. The number of aryl methyl sites for hydroxylation is 1. The number of nitrogens with one attached hydrogen (secondary N) is 1. The highest BCUT2D eigenvalue weighted by Crippen LogP contribution is 2.13. The summed E-state index contributed by atoms with van der Waals surface area (Å²) in [4.78, 5) is 11.8. The van der Waals surface area contributed by atoms with Crippen molar-refractivity contribution in [2.75, 3.05) is 13.2 Å². The Hall–Kier alpha value is -2.82. The molecule has 0 radical (unpaired) electrons. The number of amides is 1. The predicted molar refractivity (Wildman–Crippen MR) is 109 cm³/mol. The van der Waals surface area contributed by atoms with Crippen molar-refractivity contribution in [2.24, 2.45) is 5.10 Å². The lowest BCUT2D eigenvalue weighted by atomic mass is 10.2. The van der Waals surface area contributed by atoms with Crippen LogP contribution in [0.15, 0.2) is 53.6 Å². The first-order valence-corrected chi connectivity index (χ1v) is 9.47. The van der Waals surface area contributed by atoms with Crippen LogP contribution < -0.4 is 14.9 Å². The van der Waals surface area contributed by atoms with E-state index in [0.29, 0.717) is 5.75 Å². The molecule has 0 saturated heterocycles. The van der Waals surface area contributed by atoms with E-state index in [2.05, 4.69) is 24.4 Å². The molecule has 0 saturated carbocycles. The number of ether oxygens (including phenoxy) is 2. The summed E-state index contributed by atoms with van der Waals surface area (Å²) in [5.41, 5.74) is 4.57. The van der Waals surface area contributed by atoms with E-state index in [-0.39, 0.29) is 12.5 Å². The maximum atomic E-state index is 11.8. The molecule has 0 fully saturated rings. The van der Waals surface area contributed by atoms with Gasteiger partial charge in [0.2, 0.25) is 0 Å². The Morgan fingerprint density at radius 2 is 1.63 bits per heavy atom. The molecular formula is C22H28N2O3. The summed E-state index contributed by atoms with van der Waals surface area (Å²) in [6, 6.07) is 15.3. The monoisotopic (exact) mass is 368 g/mol. The highest BCUT2D eigenvalue weighted by Gasteiger charge is 2.01. The zero-order chi connectivity index (χ0) is 19.3. The van der Waals surface area contributed by atoms with Crippen LogP contribution in [-0.2, 0) is 11.2 Å². The molecular weight excluding hydrogens is 340 g/mol. The van der Waals surface area contributed by atoms with Gasteiger partial charge in [0.1, 0.15) is 11.5 Å². The Labute approximate surface area is 161 Å². The standard InChI is InChI=1S/C22H28N2O3/c1-3-5-6-15-26-20-13-9-19(10-14-20)16-23-24-22(25)17-27-21-11-7-18(4-2)8-12-21/h7-14,16H,3-6,15,17H2,1-2H3,(H,24,25)/b23-16+. The summed E-state index contributed by atoms with van der Waals surface area (Å²) in [7, 11) is 0. The average molecular weight is 368 g/mol. The summed E-state index contributed by atoms with van der Waals surface area (Å²) in [6.45, 7) is 4.92. The molecule has 0 aliphatic heterocycles. The van der Waals surface area contributed by atoms with E-state index >= 15 is 0 Å². The molecule has 2 aromatic rings. The number of hydrogen-bond acceptors (Lipinski definition) is 4. The van der Waals surface area contributed by atoms with Crippen molar-refractivity contribution in [3.8, 4) is 11.5 Å². The van der Waals surface area contributed by atoms with Crippen LogP contribution in [0.25, 0.3) is 0 Å². The van der Waals surface area contributed by atoms with Gasteiger partial charge < -0.3 is 9.47 Å². The number of hydrogen-bond donors (Lipinski definition) is 1. The lowest BCUT2D eigenvalue weighted by Gasteiger charge is -2.06. The van der Waals surface area contributed by atoms with Crippen molar-refractivity contribution in [1.29, 1.82) is 0 Å². The minimum Gasteiger partial charge on any atom is -0.494 e. The fraction of sp³-hybridized carbons (Fsp3) is 0.364. The third kappa shape index (κ3) is 7.94. The first kappa shape index (κ1) is 20.5. The summed E-state index contributed by atoms with van der Waals surface area (Å²) in [6.07, 6.45) is 5.99. The van der Waals surface area contributed by atoms with Crippen molar-refractivity contribution >= 4 is 12.1 Å². The van der Waals surface area contributed by atoms with Gasteiger partial charge in [0, 0.05) is 0 Å². The molecule has 2 rings (SSSR count). The van der Waals surface area contributed by atoms with E-state index in [9.17, 15) is 4.79 Å². The van der Waals surface area contributed by atoms with Crippen molar-refractivity contribution in [3.63, 3.8) is 0 Å². The molecule has 5 heteroatoms. The van der Waals surface area contributed by atoms with Crippen LogP contribution in [0.1, 0.15) is 44.2 Å². The summed E-state index contributed by atoms with van der Waals surface area (Å²) in [5, 5.41) is 3.95. The van der Waals surface area contributed by atoms with Crippen LogP contribution in [0.4, 0.5) is 0 Å². The average Bonchev–Trinajstić information content (AvgIpc) is 2.71. The molecule has 0 unspecified atom stereocenters. The molecule has 0 atom stereocenters. The van der Waals surface area contributed by atoms with Gasteiger partial charge in [0.15, 0.2) is 6.61 Å². The van der Waals surface area contributed by atoms with Gasteiger partial charge in [-0.2, -0.15) is 5.10 Å². The number of carbonyl (C=O) groups excluding carboxylic acids is 1. The molecule has 0 spiro atoms. The second-order valence-electron chi connectivity index (χ2n) is 6.20. The van der Waals surface area contributed by atoms with Gasteiger partial charge >= 0.3 is 0 Å². The maximum absolute atomic E-state index is 11.8. The van der Waals surface area contributed by atoms with Crippen LogP contribution in [-0.4, -0.2) is 25.3 Å². The number of benzene rings is 2. The Morgan fingerprint density at radius 1 is 0.963 bits per heavy atom. The lowest BCUT2D eigenvalue weighted by molar-refractivity contribution is -0.123. The minimum atomic E-state index is -0.304. The third-order valence-corrected chi connectivity index (χ3v) is 4.00. The van der Waals surface area contributed by atoms with Gasteiger partial charge in [0.25, 0.3) is 5.91 Å². The molecule has 144 valence electrons. The van der Waals surface area contributed by atoms with Crippen molar-refractivity contribution < 1.29 is 14.3 Å². The Kier molecular flexibility index (Phi) is 8.90. The number of nitrogens with zero attached hydrogens (tertiary/aromatic N) is 1. The van der Waals surface area contributed by atoms with Crippen LogP contribution >= 0.6 is 0 Å².